The molecule has 2 aromatic heterocycles. The van der Waals surface area contributed by atoms with Crippen molar-refractivity contribution >= 4 is 38.7 Å². The predicted molar refractivity (Wildman–Crippen MR) is 114 cm³/mol. The molecular formula is C22H20FN3O3S. The monoisotopic (exact) mass is 425 g/mol. The Labute approximate surface area is 176 Å². The minimum absolute atomic E-state index is 0.110. The lowest BCUT2D eigenvalue weighted by molar-refractivity contribution is -0.120. The van der Waals surface area contributed by atoms with Crippen LogP contribution in [0.4, 0.5) is 4.39 Å². The fraction of sp³-hybridized carbons (Fsp3) is 0.227. The second-order valence-corrected chi connectivity index (χ2v) is 8.19. The van der Waals surface area contributed by atoms with Gasteiger partial charge in [-0.15, -0.1) is 0 Å². The van der Waals surface area contributed by atoms with Gasteiger partial charge in [-0.3, -0.25) is 14.0 Å². The third kappa shape index (κ3) is 3.38. The molecule has 8 heteroatoms. The second-order valence-electron chi connectivity index (χ2n) is 7.18. The summed E-state index contributed by atoms with van der Waals surface area (Å²) in [6.07, 6.45) is 4.27. The van der Waals surface area contributed by atoms with Crippen molar-refractivity contribution in [3.63, 3.8) is 0 Å². The fourth-order valence-electron chi connectivity index (χ4n) is 3.69. The quantitative estimate of drug-likeness (QED) is 0.486. The molecule has 0 bridgehead atoms. The number of aliphatic hydroxyl groups excluding tert-OH is 1. The molecule has 0 unspecified atom stereocenters. The van der Waals surface area contributed by atoms with E-state index in [4.69, 9.17) is 5.11 Å². The normalized spacial score (nSPS) is 14.3. The number of aliphatic hydroxyl groups is 1. The summed E-state index contributed by atoms with van der Waals surface area (Å²) in [5.74, 6) is -0.464. The van der Waals surface area contributed by atoms with Crippen LogP contribution in [0.1, 0.15) is 35.7 Å². The smallest absolute Gasteiger partial charge is 0.217 e. The van der Waals surface area contributed by atoms with Crippen LogP contribution in [0.3, 0.4) is 0 Å². The van der Waals surface area contributed by atoms with Crippen LogP contribution in [0.25, 0.3) is 26.4 Å². The van der Waals surface area contributed by atoms with Gasteiger partial charge in [0.25, 0.3) is 0 Å². The topological polar surface area (TPSA) is 83.7 Å². The number of carbonyl (C=O) groups is 2. The van der Waals surface area contributed by atoms with Gasteiger partial charge in [0.05, 0.1) is 21.4 Å². The van der Waals surface area contributed by atoms with E-state index in [1.165, 1.54) is 24.3 Å². The van der Waals surface area contributed by atoms with Crippen molar-refractivity contribution in [2.45, 2.75) is 25.3 Å². The number of rotatable bonds is 4. The van der Waals surface area contributed by atoms with Crippen molar-refractivity contribution in [3.8, 4) is 11.3 Å². The molecule has 154 valence electrons. The Bertz CT molecular complexity index is 1270. The highest BCUT2D eigenvalue weighted by atomic mass is 32.1. The van der Waals surface area contributed by atoms with Crippen molar-refractivity contribution < 1.29 is 19.1 Å². The maximum Gasteiger partial charge on any atom is 0.217 e. The van der Waals surface area contributed by atoms with Crippen LogP contribution in [0.5, 0.6) is 0 Å². The van der Waals surface area contributed by atoms with Gasteiger partial charge >= 0.3 is 0 Å². The van der Waals surface area contributed by atoms with E-state index in [2.05, 4.69) is 10.3 Å². The van der Waals surface area contributed by atoms with E-state index in [1.54, 1.807) is 12.1 Å². The number of aromatic nitrogens is 2. The third-order valence-electron chi connectivity index (χ3n) is 5.22. The second kappa shape index (κ2) is 7.62. The number of aldehydes is 1. The summed E-state index contributed by atoms with van der Waals surface area (Å²) in [6.45, 7) is 1.48. The van der Waals surface area contributed by atoms with Gasteiger partial charge in [0.2, 0.25) is 5.91 Å². The van der Waals surface area contributed by atoms with Crippen molar-refractivity contribution in [2.75, 3.05) is 7.11 Å². The minimum Gasteiger partial charge on any atom is -0.400 e. The zero-order chi connectivity index (χ0) is 21.5. The number of hydrogen-bond acceptors (Lipinski definition) is 5. The number of carbonyl (C=O) groups excluding carboxylic acids is 2. The van der Waals surface area contributed by atoms with Gasteiger partial charge in [-0.05, 0) is 48.7 Å². The maximum absolute atomic E-state index is 14.9. The van der Waals surface area contributed by atoms with E-state index in [-0.39, 0.29) is 11.7 Å². The average Bonchev–Trinajstić information content (AvgIpc) is 3.27. The van der Waals surface area contributed by atoms with Crippen molar-refractivity contribution in [3.05, 3.63) is 59.5 Å². The summed E-state index contributed by atoms with van der Waals surface area (Å²) < 4.78 is 17.8. The van der Waals surface area contributed by atoms with Crippen molar-refractivity contribution in [1.29, 1.82) is 0 Å². The van der Waals surface area contributed by atoms with E-state index in [9.17, 15) is 14.0 Å². The van der Waals surface area contributed by atoms with E-state index in [0.29, 0.717) is 16.8 Å². The van der Waals surface area contributed by atoms with Gasteiger partial charge < -0.3 is 10.4 Å². The first-order valence-corrected chi connectivity index (χ1v) is 10.2. The van der Waals surface area contributed by atoms with Gasteiger partial charge in [0, 0.05) is 31.4 Å². The minimum atomic E-state index is -0.424. The number of hydrogen-bond donors (Lipinski definition) is 2. The van der Waals surface area contributed by atoms with Gasteiger partial charge in [-0.2, -0.15) is 0 Å². The van der Waals surface area contributed by atoms with Gasteiger partial charge in [0.15, 0.2) is 4.96 Å². The largest absolute Gasteiger partial charge is 0.400 e. The van der Waals surface area contributed by atoms with Gasteiger partial charge in [-0.1, -0.05) is 17.4 Å². The molecule has 30 heavy (non-hydrogen) atoms. The van der Waals surface area contributed by atoms with Crippen molar-refractivity contribution in [2.24, 2.45) is 0 Å². The van der Waals surface area contributed by atoms with Gasteiger partial charge in [0.1, 0.15) is 12.1 Å². The molecule has 0 atom stereocenters. The predicted octanol–water partition coefficient (Wildman–Crippen LogP) is 3.90. The zero-order valence-electron chi connectivity index (χ0n) is 16.5. The number of halogens is 1. The number of fused-ring (bicyclic) bond motifs is 3. The standard InChI is InChI=1S/C21H16FN3O2S.CH4O/c1-12(27)24-21(6-7-21)14-3-4-15(16(22)9-14)17-10-25-18-5-2-13(11-26)8-19(18)28-20(25)23-17;1-2/h2-5,8-11H,6-7H2,1H3,(H,24,27);2H,1H3. The number of benzene rings is 2. The van der Waals surface area contributed by atoms with Crippen LogP contribution >= 0.6 is 11.3 Å². The van der Waals surface area contributed by atoms with Crippen LogP contribution in [0.15, 0.2) is 42.6 Å². The third-order valence-corrected chi connectivity index (χ3v) is 6.23. The highest BCUT2D eigenvalue weighted by molar-refractivity contribution is 7.23. The molecule has 1 amide bonds. The Hall–Kier alpha value is -3.10. The molecule has 1 fully saturated rings. The maximum atomic E-state index is 14.9. The Kier molecular flexibility index (Phi) is 5.13. The first-order valence-electron chi connectivity index (χ1n) is 9.40. The molecule has 1 aliphatic carbocycles. The number of thiazole rings is 1. The van der Waals surface area contributed by atoms with Crippen molar-refractivity contribution in [1.82, 2.24) is 14.7 Å². The molecule has 2 N–H and O–H groups in total. The Balaban J connectivity index is 0.00000106. The molecule has 1 aliphatic rings. The molecule has 0 radical (unpaired) electrons. The summed E-state index contributed by atoms with van der Waals surface area (Å²) in [5.41, 5.74) is 2.90. The highest BCUT2D eigenvalue weighted by Crippen LogP contribution is 2.46. The van der Waals surface area contributed by atoms with Crippen LogP contribution in [0.2, 0.25) is 0 Å². The average molecular weight is 425 g/mol. The molecule has 1 saturated carbocycles. The van der Waals surface area contributed by atoms with E-state index < -0.39 is 5.54 Å². The number of amides is 1. The number of nitrogens with one attached hydrogen (secondary N) is 1. The molecule has 6 nitrogen and oxygen atoms in total. The zero-order valence-corrected chi connectivity index (χ0v) is 17.3. The molecule has 5 rings (SSSR count). The fourth-order valence-corrected chi connectivity index (χ4v) is 4.75. The van der Waals surface area contributed by atoms with Gasteiger partial charge in [-0.25, -0.2) is 9.37 Å². The molecular weight excluding hydrogens is 405 g/mol. The first kappa shape index (κ1) is 20.2. The molecule has 2 heterocycles. The molecule has 0 saturated heterocycles. The summed E-state index contributed by atoms with van der Waals surface area (Å²) in [7, 11) is 1.00. The molecule has 2 aromatic carbocycles. The summed E-state index contributed by atoms with van der Waals surface area (Å²) in [5, 5.41) is 9.93. The molecule has 4 aromatic rings. The lowest BCUT2D eigenvalue weighted by Gasteiger charge is -2.17. The van der Waals surface area contributed by atoms with Crippen LogP contribution in [0, 0.1) is 5.82 Å². The molecule has 0 aliphatic heterocycles. The summed E-state index contributed by atoms with van der Waals surface area (Å²) >= 11 is 1.46. The van der Waals surface area contributed by atoms with Crippen LogP contribution in [-0.4, -0.2) is 33.8 Å². The highest BCUT2D eigenvalue weighted by Gasteiger charge is 2.45. The Morgan fingerprint density at radius 3 is 2.67 bits per heavy atom. The lowest BCUT2D eigenvalue weighted by Crippen LogP contribution is -2.32. The molecule has 0 spiro atoms. The van der Waals surface area contributed by atoms with E-state index >= 15 is 0 Å². The SMILES string of the molecule is CC(=O)NC1(c2ccc(-c3cn4c(n3)sc3cc(C=O)ccc34)c(F)c2)CC1.CO. The number of nitrogens with zero attached hydrogens (tertiary/aromatic N) is 2. The Morgan fingerprint density at radius 1 is 1.27 bits per heavy atom. The van der Waals surface area contributed by atoms with Crippen LogP contribution in [-0.2, 0) is 10.3 Å². The lowest BCUT2D eigenvalue weighted by atomic mass is 10.0. The Morgan fingerprint density at radius 2 is 2.03 bits per heavy atom. The van der Waals surface area contributed by atoms with E-state index in [0.717, 1.165) is 47.0 Å². The number of imidazole rings is 1. The van der Waals surface area contributed by atoms with E-state index in [1.807, 2.05) is 28.8 Å². The summed E-state index contributed by atoms with van der Waals surface area (Å²) in [4.78, 5) is 27.7. The van der Waals surface area contributed by atoms with Crippen LogP contribution < -0.4 is 5.32 Å². The first-order chi connectivity index (χ1) is 14.5. The summed E-state index contributed by atoms with van der Waals surface area (Å²) in [6, 6.07) is 10.5.